The van der Waals surface area contributed by atoms with E-state index in [-0.39, 0.29) is 5.84 Å². The molecule has 1 aromatic carbocycles. The van der Waals surface area contributed by atoms with E-state index in [1.54, 1.807) is 0 Å². The fourth-order valence-electron chi connectivity index (χ4n) is 3.27. The first-order valence-corrected chi connectivity index (χ1v) is 7.18. The van der Waals surface area contributed by atoms with Gasteiger partial charge in [-0.25, -0.2) is 0 Å². The second kappa shape index (κ2) is 5.64. The third-order valence-corrected chi connectivity index (χ3v) is 4.45. The number of nitrogens with two attached hydrogens (primary N) is 1. The third kappa shape index (κ3) is 2.91. The maximum atomic E-state index is 7.50. The van der Waals surface area contributed by atoms with Crippen LogP contribution in [0.25, 0.3) is 0 Å². The molecule has 2 rings (SSSR count). The van der Waals surface area contributed by atoms with Crippen molar-refractivity contribution in [2.75, 3.05) is 11.9 Å². The smallest absolute Gasteiger partial charge is 0.122 e. The van der Waals surface area contributed by atoms with E-state index in [4.69, 9.17) is 11.1 Å². The standard InChI is InChI=1S/C16H25N3/c1-11-6-4-5-7-14(11)19(3)15-9-8-13(16(17)18)10-12(15)2/h8-11,14H,4-7H2,1-3H3,(H3,17,18). The Labute approximate surface area is 116 Å². The van der Waals surface area contributed by atoms with Gasteiger partial charge in [0, 0.05) is 24.3 Å². The lowest BCUT2D eigenvalue weighted by atomic mass is 9.84. The number of nitrogen functional groups attached to an aromatic ring is 1. The minimum absolute atomic E-state index is 0.142. The molecule has 0 amide bonds. The van der Waals surface area contributed by atoms with Crippen LogP contribution in [0.15, 0.2) is 18.2 Å². The zero-order chi connectivity index (χ0) is 14.0. The minimum Gasteiger partial charge on any atom is -0.384 e. The van der Waals surface area contributed by atoms with Crippen LogP contribution in [0.5, 0.6) is 0 Å². The molecule has 0 radical (unpaired) electrons. The summed E-state index contributed by atoms with van der Waals surface area (Å²) in [5, 5.41) is 7.50. The van der Waals surface area contributed by atoms with Gasteiger partial charge in [-0.3, -0.25) is 5.41 Å². The highest BCUT2D eigenvalue weighted by atomic mass is 15.1. The summed E-state index contributed by atoms with van der Waals surface area (Å²) in [5.74, 6) is 0.897. The second-order valence-electron chi connectivity index (χ2n) is 5.85. The molecular formula is C16H25N3. The molecular weight excluding hydrogens is 234 g/mol. The number of amidine groups is 1. The normalized spacial score (nSPS) is 23.1. The second-order valence-corrected chi connectivity index (χ2v) is 5.85. The lowest BCUT2D eigenvalue weighted by molar-refractivity contribution is 0.321. The molecule has 1 fully saturated rings. The number of aryl methyl sites for hydroxylation is 1. The molecule has 3 N–H and O–H groups in total. The van der Waals surface area contributed by atoms with Crippen molar-refractivity contribution >= 4 is 11.5 Å². The molecule has 19 heavy (non-hydrogen) atoms. The molecule has 1 aliphatic rings. The SMILES string of the molecule is Cc1cc(C(=N)N)ccc1N(C)C1CCCCC1C. The summed E-state index contributed by atoms with van der Waals surface area (Å²) in [6.45, 7) is 4.46. The molecule has 0 aromatic heterocycles. The molecule has 0 heterocycles. The van der Waals surface area contributed by atoms with Crippen LogP contribution < -0.4 is 10.6 Å². The van der Waals surface area contributed by atoms with Gasteiger partial charge in [0.2, 0.25) is 0 Å². The number of hydrogen-bond donors (Lipinski definition) is 2. The van der Waals surface area contributed by atoms with Crippen molar-refractivity contribution < 1.29 is 0 Å². The van der Waals surface area contributed by atoms with E-state index in [1.807, 2.05) is 12.1 Å². The van der Waals surface area contributed by atoms with Crippen LogP contribution in [0, 0.1) is 18.3 Å². The first-order valence-electron chi connectivity index (χ1n) is 7.18. The Morgan fingerprint density at radius 1 is 1.32 bits per heavy atom. The van der Waals surface area contributed by atoms with E-state index >= 15 is 0 Å². The minimum atomic E-state index is 0.142. The van der Waals surface area contributed by atoms with Gasteiger partial charge in [0.05, 0.1) is 0 Å². The Hall–Kier alpha value is -1.51. The van der Waals surface area contributed by atoms with Gasteiger partial charge < -0.3 is 10.6 Å². The molecule has 1 aromatic rings. The first kappa shape index (κ1) is 13.9. The van der Waals surface area contributed by atoms with Gasteiger partial charge in [0.15, 0.2) is 0 Å². The number of hydrogen-bond acceptors (Lipinski definition) is 2. The Balaban J connectivity index is 2.23. The highest BCUT2D eigenvalue weighted by Crippen LogP contribution is 2.32. The molecule has 1 saturated carbocycles. The molecule has 3 heteroatoms. The van der Waals surface area contributed by atoms with Gasteiger partial charge in [-0.15, -0.1) is 0 Å². The predicted octanol–water partition coefficient (Wildman–Crippen LogP) is 3.29. The fraction of sp³-hybridized carbons (Fsp3) is 0.562. The van der Waals surface area contributed by atoms with Gasteiger partial charge in [-0.05, 0) is 49.4 Å². The Morgan fingerprint density at radius 2 is 2.00 bits per heavy atom. The monoisotopic (exact) mass is 259 g/mol. The van der Waals surface area contributed by atoms with Gasteiger partial charge >= 0.3 is 0 Å². The summed E-state index contributed by atoms with van der Waals surface area (Å²) in [4.78, 5) is 2.42. The highest BCUT2D eigenvalue weighted by Gasteiger charge is 2.25. The molecule has 2 atom stereocenters. The average molecular weight is 259 g/mol. The lowest BCUT2D eigenvalue weighted by Gasteiger charge is -2.38. The molecule has 2 unspecified atom stereocenters. The summed E-state index contributed by atoms with van der Waals surface area (Å²) in [6.07, 6.45) is 5.32. The van der Waals surface area contributed by atoms with E-state index in [0.717, 1.165) is 11.5 Å². The predicted molar refractivity (Wildman–Crippen MR) is 82.0 cm³/mol. The first-order chi connectivity index (χ1) is 9.00. The Morgan fingerprint density at radius 3 is 2.58 bits per heavy atom. The summed E-state index contributed by atoms with van der Waals surface area (Å²) in [6, 6.07) is 6.71. The van der Waals surface area contributed by atoms with Crippen LogP contribution in [0.1, 0.15) is 43.7 Å². The van der Waals surface area contributed by atoms with Crippen LogP contribution in [0.3, 0.4) is 0 Å². The molecule has 3 nitrogen and oxygen atoms in total. The van der Waals surface area contributed by atoms with Crippen molar-refractivity contribution in [3.8, 4) is 0 Å². The number of anilines is 1. The molecule has 0 aliphatic heterocycles. The molecule has 104 valence electrons. The maximum Gasteiger partial charge on any atom is 0.122 e. The summed E-state index contributed by atoms with van der Waals surface area (Å²) < 4.78 is 0. The summed E-state index contributed by atoms with van der Waals surface area (Å²) in [5.41, 5.74) is 8.82. The highest BCUT2D eigenvalue weighted by molar-refractivity contribution is 5.95. The number of benzene rings is 1. The number of nitrogens with zero attached hydrogens (tertiary/aromatic N) is 1. The van der Waals surface area contributed by atoms with Crippen LogP contribution in [-0.2, 0) is 0 Å². The molecule has 0 spiro atoms. The third-order valence-electron chi connectivity index (χ3n) is 4.45. The fourth-order valence-corrected chi connectivity index (χ4v) is 3.27. The van der Waals surface area contributed by atoms with Gasteiger partial charge in [-0.2, -0.15) is 0 Å². The van der Waals surface area contributed by atoms with Crippen molar-refractivity contribution in [3.05, 3.63) is 29.3 Å². The van der Waals surface area contributed by atoms with Crippen LogP contribution in [0.4, 0.5) is 5.69 Å². The van der Waals surface area contributed by atoms with Crippen molar-refractivity contribution in [2.24, 2.45) is 11.7 Å². The van der Waals surface area contributed by atoms with Crippen molar-refractivity contribution in [1.82, 2.24) is 0 Å². The van der Waals surface area contributed by atoms with Crippen LogP contribution in [-0.4, -0.2) is 18.9 Å². The largest absolute Gasteiger partial charge is 0.384 e. The quantitative estimate of drug-likeness (QED) is 0.646. The molecule has 0 bridgehead atoms. The summed E-state index contributed by atoms with van der Waals surface area (Å²) >= 11 is 0. The Bertz CT molecular complexity index is 467. The van der Waals surface area contributed by atoms with E-state index in [0.29, 0.717) is 6.04 Å². The van der Waals surface area contributed by atoms with Crippen molar-refractivity contribution in [2.45, 2.75) is 45.6 Å². The van der Waals surface area contributed by atoms with Crippen molar-refractivity contribution in [3.63, 3.8) is 0 Å². The number of nitrogens with one attached hydrogen (secondary N) is 1. The zero-order valence-electron chi connectivity index (χ0n) is 12.2. The Kier molecular flexibility index (Phi) is 4.13. The summed E-state index contributed by atoms with van der Waals surface area (Å²) in [7, 11) is 2.20. The van der Waals surface area contributed by atoms with Gasteiger partial charge in [0.1, 0.15) is 5.84 Å². The van der Waals surface area contributed by atoms with E-state index in [9.17, 15) is 0 Å². The van der Waals surface area contributed by atoms with Crippen molar-refractivity contribution in [1.29, 1.82) is 5.41 Å². The number of rotatable bonds is 3. The van der Waals surface area contributed by atoms with Gasteiger partial charge in [0.25, 0.3) is 0 Å². The van der Waals surface area contributed by atoms with Gasteiger partial charge in [-0.1, -0.05) is 19.8 Å². The lowest BCUT2D eigenvalue weighted by Crippen LogP contribution is -2.39. The molecule has 0 saturated heterocycles. The zero-order valence-corrected chi connectivity index (χ0v) is 12.2. The van der Waals surface area contributed by atoms with E-state index < -0.39 is 0 Å². The topological polar surface area (TPSA) is 53.1 Å². The van der Waals surface area contributed by atoms with E-state index in [1.165, 1.54) is 36.9 Å². The van der Waals surface area contributed by atoms with Crippen LogP contribution in [0.2, 0.25) is 0 Å². The molecule has 1 aliphatic carbocycles. The average Bonchev–Trinajstić information content (AvgIpc) is 2.38. The maximum absolute atomic E-state index is 7.50. The van der Waals surface area contributed by atoms with Crippen LogP contribution >= 0.6 is 0 Å². The van der Waals surface area contributed by atoms with E-state index in [2.05, 4.69) is 31.9 Å².